The third-order valence-corrected chi connectivity index (χ3v) is 2.16. The summed E-state index contributed by atoms with van der Waals surface area (Å²) >= 11 is 4.48. The van der Waals surface area contributed by atoms with E-state index in [0.717, 1.165) is 19.5 Å². The van der Waals surface area contributed by atoms with Crippen molar-refractivity contribution in [2.75, 3.05) is 19.6 Å². The van der Waals surface area contributed by atoms with Crippen LogP contribution < -0.4 is 0 Å². The molecular formula is C9H21NS. The Morgan fingerprint density at radius 2 is 1.64 bits per heavy atom. The largest absolute Gasteiger partial charge is 0.304 e. The number of thiol groups is 1. The first kappa shape index (κ1) is 11.3. The van der Waals surface area contributed by atoms with Crippen molar-refractivity contribution in [3.05, 3.63) is 0 Å². The van der Waals surface area contributed by atoms with Crippen LogP contribution in [0.2, 0.25) is 0 Å². The SMILES string of the molecule is CCN(CC)CCC(C)(C)S. The molecule has 0 saturated heterocycles. The van der Waals surface area contributed by atoms with Crippen LogP contribution in [0.1, 0.15) is 34.1 Å². The van der Waals surface area contributed by atoms with E-state index < -0.39 is 0 Å². The first-order valence-corrected chi connectivity index (χ1v) is 4.89. The molecule has 0 aromatic heterocycles. The Morgan fingerprint density at radius 3 is 1.91 bits per heavy atom. The minimum absolute atomic E-state index is 0.183. The van der Waals surface area contributed by atoms with Crippen molar-refractivity contribution >= 4 is 12.6 Å². The smallest absolute Gasteiger partial charge is 0.00853 e. The van der Waals surface area contributed by atoms with Gasteiger partial charge in [-0.15, -0.1) is 0 Å². The Bertz CT molecular complexity index is 92.2. The molecule has 0 aromatic rings. The maximum atomic E-state index is 4.48. The summed E-state index contributed by atoms with van der Waals surface area (Å²) in [5, 5.41) is 0. The molecule has 0 fully saturated rings. The molecule has 0 aliphatic heterocycles. The molecule has 0 saturated carbocycles. The van der Waals surface area contributed by atoms with Crippen molar-refractivity contribution in [2.45, 2.75) is 38.9 Å². The Morgan fingerprint density at radius 1 is 1.18 bits per heavy atom. The zero-order valence-corrected chi connectivity index (χ0v) is 9.12. The standard InChI is InChI=1S/C9H21NS/c1-5-10(6-2)8-7-9(3,4)11/h11H,5-8H2,1-4H3. The number of nitrogens with zero attached hydrogens (tertiary/aromatic N) is 1. The summed E-state index contributed by atoms with van der Waals surface area (Å²) in [6.45, 7) is 12.2. The van der Waals surface area contributed by atoms with Crippen LogP contribution in [0.15, 0.2) is 0 Å². The summed E-state index contributed by atoms with van der Waals surface area (Å²) in [6, 6.07) is 0. The molecule has 0 radical (unpaired) electrons. The van der Waals surface area contributed by atoms with E-state index in [-0.39, 0.29) is 4.75 Å². The van der Waals surface area contributed by atoms with Gasteiger partial charge in [-0.1, -0.05) is 27.7 Å². The molecule has 0 heterocycles. The molecule has 1 nitrogen and oxygen atoms in total. The van der Waals surface area contributed by atoms with Gasteiger partial charge in [0.25, 0.3) is 0 Å². The van der Waals surface area contributed by atoms with Gasteiger partial charge in [0.05, 0.1) is 0 Å². The second kappa shape index (κ2) is 5.04. The zero-order chi connectivity index (χ0) is 8.91. The third kappa shape index (κ3) is 6.70. The van der Waals surface area contributed by atoms with Crippen LogP contribution in [0.4, 0.5) is 0 Å². The van der Waals surface area contributed by atoms with Crippen LogP contribution in [0.3, 0.4) is 0 Å². The van der Waals surface area contributed by atoms with Crippen molar-refractivity contribution in [2.24, 2.45) is 0 Å². The average Bonchev–Trinajstić information content (AvgIpc) is 1.88. The minimum Gasteiger partial charge on any atom is -0.304 e. The average molecular weight is 175 g/mol. The van der Waals surface area contributed by atoms with Crippen molar-refractivity contribution in [1.29, 1.82) is 0 Å². The van der Waals surface area contributed by atoms with E-state index in [4.69, 9.17) is 0 Å². The molecule has 0 amide bonds. The summed E-state index contributed by atoms with van der Waals surface area (Å²) in [5.41, 5.74) is 0. The Balaban J connectivity index is 3.51. The van der Waals surface area contributed by atoms with Gasteiger partial charge in [0, 0.05) is 4.75 Å². The highest BCUT2D eigenvalue weighted by molar-refractivity contribution is 7.81. The fourth-order valence-corrected chi connectivity index (χ4v) is 1.07. The van der Waals surface area contributed by atoms with E-state index in [1.165, 1.54) is 6.54 Å². The van der Waals surface area contributed by atoms with E-state index in [9.17, 15) is 0 Å². The molecule has 11 heavy (non-hydrogen) atoms. The molecule has 0 atom stereocenters. The van der Waals surface area contributed by atoms with Crippen LogP contribution >= 0.6 is 12.6 Å². The van der Waals surface area contributed by atoms with E-state index >= 15 is 0 Å². The highest BCUT2D eigenvalue weighted by Gasteiger charge is 2.12. The molecule has 0 aromatic carbocycles. The lowest BCUT2D eigenvalue weighted by molar-refractivity contribution is 0.290. The summed E-state index contributed by atoms with van der Waals surface area (Å²) in [6.07, 6.45) is 1.16. The van der Waals surface area contributed by atoms with Gasteiger partial charge in [0.2, 0.25) is 0 Å². The van der Waals surface area contributed by atoms with Gasteiger partial charge in [-0.2, -0.15) is 12.6 Å². The first-order valence-electron chi connectivity index (χ1n) is 4.44. The minimum atomic E-state index is 0.183. The lowest BCUT2D eigenvalue weighted by atomic mass is 10.1. The van der Waals surface area contributed by atoms with Gasteiger partial charge in [-0.25, -0.2) is 0 Å². The molecule has 0 aliphatic carbocycles. The van der Waals surface area contributed by atoms with Crippen molar-refractivity contribution in [3.63, 3.8) is 0 Å². The Hall–Kier alpha value is 0.310. The molecule has 0 bridgehead atoms. The van der Waals surface area contributed by atoms with Gasteiger partial charge in [0.1, 0.15) is 0 Å². The predicted molar refractivity (Wildman–Crippen MR) is 55.5 cm³/mol. The van der Waals surface area contributed by atoms with Crippen molar-refractivity contribution in [3.8, 4) is 0 Å². The van der Waals surface area contributed by atoms with E-state index in [1.807, 2.05) is 0 Å². The molecule has 0 spiro atoms. The van der Waals surface area contributed by atoms with Crippen molar-refractivity contribution in [1.82, 2.24) is 4.90 Å². The fourth-order valence-electron chi connectivity index (χ4n) is 0.972. The predicted octanol–water partition coefficient (Wildman–Crippen LogP) is 2.43. The summed E-state index contributed by atoms with van der Waals surface area (Å²) < 4.78 is 0.183. The van der Waals surface area contributed by atoms with Gasteiger partial charge < -0.3 is 4.90 Å². The first-order chi connectivity index (χ1) is 4.99. The molecule has 68 valence electrons. The summed E-state index contributed by atoms with van der Waals surface area (Å²) in [4.78, 5) is 2.43. The Kier molecular flexibility index (Phi) is 5.19. The quantitative estimate of drug-likeness (QED) is 0.628. The zero-order valence-electron chi connectivity index (χ0n) is 8.22. The van der Waals surface area contributed by atoms with Crippen molar-refractivity contribution < 1.29 is 0 Å². The molecule has 2 heteroatoms. The van der Waals surface area contributed by atoms with Gasteiger partial charge in [-0.05, 0) is 26.1 Å². The second-order valence-electron chi connectivity index (χ2n) is 3.59. The van der Waals surface area contributed by atoms with Crippen LogP contribution in [0, 0.1) is 0 Å². The summed E-state index contributed by atoms with van der Waals surface area (Å²) in [7, 11) is 0. The molecule has 0 aliphatic rings. The van der Waals surface area contributed by atoms with Gasteiger partial charge >= 0.3 is 0 Å². The number of hydrogen-bond donors (Lipinski definition) is 1. The fraction of sp³-hybridized carbons (Fsp3) is 1.00. The lowest BCUT2D eigenvalue weighted by Gasteiger charge is -2.23. The van der Waals surface area contributed by atoms with Gasteiger partial charge in [0.15, 0.2) is 0 Å². The second-order valence-corrected chi connectivity index (χ2v) is 4.80. The number of hydrogen-bond acceptors (Lipinski definition) is 2. The Labute approximate surface area is 76.6 Å². The van der Waals surface area contributed by atoms with E-state index in [0.29, 0.717) is 0 Å². The maximum absolute atomic E-state index is 4.48. The van der Waals surface area contributed by atoms with Gasteiger partial charge in [-0.3, -0.25) is 0 Å². The highest BCUT2D eigenvalue weighted by atomic mass is 32.1. The maximum Gasteiger partial charge on any atom is 0.00853 e. The molecule has 0 unspecified atom stereocenters. The van der Waals surface area contributed by atoms with E-state index in [2.05, 4.69) is 45.2 Å². The normalized spacial score (nSPS) is 12.5. The molecule has 0 N–H and O–H groups in total. The highest BCUT2D eigenvalue weighted by Crippen LogP contribution is 2.16. The van der Waals surface area contributed by atoms with Crippen LogP contribution in [-0.4, -0.2) is 29.3 Å². The summed E-state index contributed by atoms with van der Waals surface area (Å²) in [5.74, 6) is 0. The number of rotatable bonds is 5. The van der Waals surface area contributed by atoms with Crippen LogP contribution in [-0.2, 0) is 0 Å². The third-order valence-electron chi connectivity index (χ3n) is 1.93. The lowest BCUT2D eigenvalue weighted by Crippen LogP contribution is -2.28. The monoisotopic (exact) mass is 175 g/mol. The molecule has 0 rings (SSSR count). The van der Waals surface area contributed by atoms with Crippen LogP contribution in [0.5, 0.6) is 0 Å². The van der Waals surface area contributed by atoms with E-state index in [1.54, 1.807) is 0 Å². The topological polar surface area (TPSA) is 3.24 Å². The van der Waals surface area contributed by atoms with Crippen LogP contribution in [0.25, 0.3) is 0 Å². The molecular weight excluding hydrogens is 154 g/mol.